The van der Waals surface area contributed by atoms with Gasteiger partial charge in [0.25, 0.3) is 0 Å². The molecule has 0 aliphatic carbocycles. The van der Waals surface area contributed by atoms with Crippen molar-refractivity contribution in [3.63, 3.8) is 0 Å². The minimum Gasteiger partial charge on any atom is -0.409 e. The highest BCUT2D eigenvalue weighted by atomic mass is 16.5. The van der Waals surface area contributed by atoms with Gasteiger partial charge < -0.3 is 25.7 Å². The number of carbonyl (C=O) groups is 1. The van der Waals surface area contributed by atoms with Gasteiger partial charge in [0.2, 0.25) is 5.91 Å². The Labute approximate surface area is 113 Å². The van der Waals surface area contributed by atoms with Crippen molar-refractivity contribution in [2.24, 2.45) is 16.3 Å². The van der Waals surface area contributed by atoms with Crippen molar-refractivity contribution in [3.05, 3.63) is 0 Å². The molecule has 110 valence electrons. The highest BCUT2D eigenvalue weighted by molar-refractivity contribution is 6.06. The summed E-state index contributed by atoms with van der Waals surface area (Å²) >= 11 is 0. The highest BCUT2D eigenvalue weighted by Gasteiger charge is 2.42. The Morgan fingerprint density at radius 1 is 1.63 bits per heavy atom. The third kappa shape index (κ3) is 2.98. The monoisotopic (exact) mass is 273 g/mol. The highest BCUT2D eigenvalue weighted by Crippen LogP contribution is 2.27. The minimum absolute atomic E-state index is 0.0979. The summed E-state index contributed by atoms with van der Waals surface area (Å²) in [5, 5.41) is 21.0. The van der Waals surface area contributed by atoms with Crippen LogP contribution in [0, 0.1) is 5.41 Å². The molecule has 4 N–H and O–H groups in total. The van der Waals surface area contributed by atoms with Crippen molar-refractivity contribution < 1.29 is 19.8 Å². The number of rotatable bonds is 4. The predicted octanol–water partition coefficient (Wildman–Crippen LogP) is -0.243. The van der Waals surface area contributed by atoms with Gasteiger partial charge in [-0.2, -0.15) is 0 Å². The lowest BCUT2D eigenvalue weighted by Crippen LogP contribution is -2.58. The van der Waals surface area contributed by atoms with Crippen LogP contribution in [0.15, 0.2) is 5.16 Å². The van der Waals surface area contributed by atoms with Gasteiger partial charge in [-0.3, -0.25) is 4.79 Å². The number of oxime groups is 1. The predicted molar refractivity (Wildman–Crippen MR) is 69.8 cm³/mol. The summed E-state index contributed by atoms with van der Waals surface area (Å²) < 4.78 is 5.40. The van der Waals surface area contributed by atoms with Crippen LogP contribution in [0.25, 0.3) is 0 Å². The summed E-state index contributed by atoms with van der Waals surface area (Å²) in [6, 6.07) is -0.104. The van der Waals surface area contributed by atoms with Crippen LogP contribution >= 0.6 is 0 Å². The van der Waals surface area contributed by atoms with E-state index in [1.54, 1.807) is 11.8 Å². The molecule has 1 rings (SSSR count). The molecule has 1 fully saturated rings. The van der Waals surface area contributed by atoms with Crippen LogP contribution in [-0.4, -0.2) is 58.9 Å². The molecule has 0 bridgehead atoms. The van der Waals surface area contributed by atoms with Crippen molar-refractivity contribution in [2.75, 3.05) is 19.8 Å². The molecule has 1 aliphatic rings. The van der Waals surface area contributed by atoms with E-state index in [1.165, 1.54) is 0 Å². The first-order valence-electron chi connectivity index (χ1n) is 6.42. The topological polar surface area (TPSA) is 108 Å². The molecule has 19 heavy (non-hydrogen) atoms. The molecule has 0 spiro atoms. The molecular formula is C12H23N3O4. The second-order valence-electron chi connectivity index (χ2n) is 5.12. The molecule has 3 unspecified atom stereocenters. The molecule has 7 heteroatoms. The molecule has 0 aromatic rings. The number of ether oxygens (including phenoxy) is 1. The van der Waals surface area contributed by atoms with Crippen LogP contribution in [0.2, 0.25) is 0 Å². The molecule has 1 amide bonds. The van der Waals surface area contributed by atoms with Crippen molar-refractivity contribution in [1.29, 1.82) is 0 Å². The van der Waals surface area contributed by atoms with Crippen LogP contribution in [0.1, 0.15) is 27.2 Å². The van der Waals surface area contributed by atoms with E-state index in [-0.39, 0.29) is 30.5 Å². The third-order valence-electron chi connectivity index (χ3n) is 3.82. The van der Waals surface area contributed by atoms with Crippen LogP contribution in [-0.2, 0) is 9.53 Å². The number of carbonyl (C=O) groups excluding carboxylic acids is 1. The Morgan fingerprint density at radius 2 is 2.26 bits per heavy atom. The van der Waals surface area contributed by atoms with Crippen molar-refractivity contribution >= 4 is 11.7 Å². The Hall–Kier alpha value is -1.34. The smallest absolute Gasteiger partial charge is 0.236 e. The van der Waals surface area contributed by atoms with Crippen molar-refractivity contribution in [1.82, 2.24) is 4.90 Å². The minimum atomic E-state index is -1.04. The molecule has 0 aromatic carbocycles. The van der Waals surface area contributed by atoms with Gasteiger partial charge in [-0.15, -0.1) is 0 Å². The first kappa shape index (κ1) is 15.7. The zero-order valence-electron chi connectivity index (χ0n) is 11.7. The van der Waals surface area contributed by atoms with E-state index in [9.17, 15) is 4.79 Å². The van der Waals surface area contributed by atoms with Gasteiger partial charge in [-0.25, -0.2) is 0 Å². The number of nitrogens with zero attached hydrogens (tertiary/aromatic N) is 2. The number of hydrogen-bond acceptors (Lipinski definition) is 5. The molecule has 1 aliphatic heterocycles. The number of hydrogen-bond donors (Lipinski definition) is 3. The second kappa shape index (κ2) is 6.21. The SMILES string of the molecule is CCC(C)(C(=O)N1CC(CO)OCC1C)C(N)=NO. The largest absolute Gasteiger partial charge is 0.409 e. The van der Waals surface area contributed by atoms with E-state index >= 15 is 0 Å². The quantitative estimate of drug-likeness (QED) is 0.283. The van der Waals surface area contributed by atoms with Crippen LogP contribution < -0.4 is 5.73 Å². The maximum absolute atomic E-state index is 12.6. The van der Waals surface area contributed by atoms with Gasteiger partial charge in [0.1, 0.15) is 5.41 Å². The molecule has 0 radical (unpaired) electrons. The normalized spacial score (nSPS) is 28.0. The molecule has 3 atom stereocenters. The maximum Gasteiger partial charge on any atom is 0.236 e. The van der Waals surface area contributed by atoms with Gasteiger partial charge in [0, 0.05) is 6.54 Å². The standard InChI is InChI=1S/C12H23N3O4/c1-4-12(3,10(13)14-18)11(17)15-5-9(6-16)19-7-8(15)2/h8-9,16,18H,4-7H2,1-3H3,(H2,13,14). The molecule has 0 saturated carbocycles. The zero-order chi connectivity index (χ0) is 14.6. The summed E-state index contributed by atoms with van der Waals surface area (Å²) in [6.45, 7) is 5.87. The lowest BCUT2D eigenvalue weighted by Gasteiger charge is -2.41. The van der Waals surface area contributed by atoms with Gasteiger partial charge in [-0.1, -0.05) is 12.1 Å². The second-order valence-corrected chi connectivity index (χ2v) is 5.12. The summed E-state index contributed by atoms with van der Waals surface area (Å²) in [6.07, 6.45) is 0.0452. The lowest BCUT2D eigenvalue weighted by atomic mass is 9.84. The Morgan fingerprint density at radius 3 is 2.74 bits per heavy atom. The fraction of sp³-hybridized carbons (Fsp3) is 0.833. The molecular weight excluding hydrogens is 250 g/mol. The first-order valence-corrected chi connectivity index (χ1v) is 6.42. The number of nitrogens with two attached hydrogens (primary N) is 1. The average Bonchev–Trinajstić information content (AvgIpc) is 2.45. The molecule has 0 aromatic heterocycles. The van der Waals surface area contributed by atoms with Gasteiger partial charge in [0.05, 0.1) is 25.4 Å². The lowest BCUT2D eigenvalue weighted by molar-refractivity contribution is -0.152. The number of morpholine rings is 1. The number of amides is 1. The fourth-order valence-electron chi connectivity index (χ4n) is 2.08. The van der Waals surface area contributed by atoms with E-state index < -0.39 is 5.41 Å². The zero-order valence-corrected chi connectivity index (χ0v) is 11.7. The van der Waals surface area contributed by atoms with Crippen LogP contribution in [0.3, 0.4) is 0 Å². The third-order valence-corrected chi connectivity index (χ3v) is 3.82. The summed E-state index contributed by atoms with van der Waals surface area (Å²) in [5.74, 6) is -0.307. The van der Waals surface area contributed by atoms with Gasteiger partial charge >= 0.3 is 0 Å². The van der Waals surface area contributed by atoms with E-state index in [0.717, 1.165) is 0 Å². The summed E-state index contributed by atoms with van der Waals surface area (Å²) in [5.41, 5.74) is 4.61. The van der Waals surface area contributed by atoms with Crippen molar-refractivity contribution in [3.8, 4) is 0 Å². The average molecular weight is 273 g/mol. The van der Waals surface area contributed by atoms with Gasteiger partial charge in [-0.05, 0) is 20.3 Å². The maximum atomic E-state index is 12.6. The molecule has 1 heterocycles. The number of aliphatic hydroxyl groups excluding tert-OH is 1. The van der Waals surface area contributed by atoms with Crippen LogP contribution in [0.5, 0.6) is 0 Å². The fourth-order valence-corrected chi connectivity index (χ4v) is 2.08. The first-order chi connectivity index (χ1) is 8.90. The van der Waals surface area contributed by atoms with Gasteiger partial charge in [0.15, 0.2) is 5.84 Å². The summed E-state index contributed by atoms with van der Waals surface area (Å²) in [7, 11) is 0. The van der Waals surface area contributed by atoms with E-state index in [1.807, 2.05) is 13.8 Å². The molecule has 7 nitrogen and oxygen atoms in total. The summed E-state index contributed by atoms with van der Waals surface area (Å²) in [4.78, 5) is 14.3. The Bertz CT molecular complexity index is 361. The number of aliphatic hydroxyl groups is 1. The van der Waals surface area contributed by atoms with E-state index in [4.69, 9.17) is 20.8 Å². The van der Waals surface area contributed by atoms with Crippen molar-refractivity contribution in [2.45, 2.75) is 39.3 Å². The molecule has 1 saturated heterocycles. The number of amidine groups is 1. The van der Waals surface area contributed by atoms with E-state index in [2.05, 4.69) is 5.16 Å². The Kier molecular flexibility index (Phi) is 5.13. The van der Waals surface area contributed by atoms with E-state index in [0.29, 0.717) is 19.6 Å². The van der Waals surface area contributed by atoms with Crippen LogP contribution in [0.4, 0.5) is 0 Å². The Balaban J connectivity index is 2.96.